The minimum Gasteiger partial charge on any atom is -0.481 e. The number of ether oxygens (including phenoxy) is 1. The number of anilines is 1. The highest BCUT2D eigenvalue weighted by Gasteiger charge is 2.24. The van der Waals surface area contributed by atoms with E-state index in [0.717, 1.165) is 0 Å². The molecule has 1 aromatic heterocycles. The van der Waals surface area contributed by atoms with Crippen LogP contribution in [0.4, 0.5) is 5.95 Å². The van der Waals surface area contributed by atoms with Gasteiger partial charge in [0.1, 0.15) is 0 Å². The van der Waals surface area contributed by atoms with Crippen molar-refractivity contribution in [1.82, 2.24) is 14.9 Å². The van der Waals surface area contributed by atoms with E-state index in [2.05, 4.69) is 9.97 Å². The maximum atomic E-state index is 12.6. The van der Waals surface area contributed by atoms with Crippen molar-refractivity contribution in [2.45, 2.75) is 0 Å². The van der Waals surface area contributed by atoms with Crippen LogP contribution >= 0.6 is 23.2 Å². The lowest BCUT2D eigenvalue weighted by atomic mass is 10.2. The summed E-state index contributed by atoms with van der Waals surface area (Å²) in [6.07, 6.45) is 1.66. The van der Waals surface area contributed by atoms with Crippen molar-refractivity contribution >= 4 is 35.1 Å². The number of halogens is 2. The largest absolute Gasteiger partial charge is 0.481 e. The zero-order valence-electron chi connectivity index (χ0n) is 13.1. The third kappa shape index (κ3) is 3.71. The Hall–Kier alpha value is -2.05. The van der Waals surface area contributed by atoms with E-state index in [4.69, 9.17) is 27.9 Å². The molecule has 2 aromatic rings. The van der Waals surface area contributed by atoms with Gasteiger partial charge < -0.3 is 14.5 Å². The summed E-state index contributed by atoms with van der Waals surface area (Å²) in [4.78, 5) is 25.0. The van der Waals surface area contributed by atoms with Crippen molar-refractivity contribution in [3.05, 3.63) is 46.1 Å². The van der Waals surface area contributed by atoms with Crippen LogP contribution in [0.25, 0.3) is 0 Å². The molecule has 3 rings (SSSR count). The fourth-order valence-corrected chi connectivity index (χ4v) is 3.09. The van der Waals surface area contributed by atoms with Crippen molar-refractivity contribution in [2.24, 2.45) is 0 Å². The first-order valence-corrected chi connectivity index (χ1v) is 8.20. The lowest BCUT2D eigenvalue weighted by molar-refractivity contribution is 0.0746. The Morgan fingerprint density at radius 2 is 1.79 bits per heavy atom. The van der Waals surface area contributed by atoms with Crippen LogP contribution in [-0.2, 0) is 0 Å². The molecular weight excluding hydrogens is 351 g/mol. The van der Waals surface area contributed by atoms with Gasteiger partial charge in [0.2, 0.25) is 11.8 Å². The van der Waals surface area contributed by atoms with Crippen molar-refractivity contribution < 1.29 is 9.53 Å². The number of nitrogens with zero attached hydrogens (tertiary/aromatic N) is 4. The Labute approximate surface area is 150 Å². The minimum atomic E-state index is -0.0781. The quantitative estimate of drug-likeness (QED) is 0.835. The fourth-order valence-electron chi connectivity index (χ4n) is 2.57. The topological polar surface area (TPSA) is 58.6 Å². The van der Waals surface area contributed by atoms with Gasteiger partial charge in [-0.15, -0.1) is 0 Å². The Bertz CT molecular complexity index is 728. The molecule has 1 aliphatic rings. The van der Waals surface area contributed by atoms with Gasteiger partial charge in [-0.05, 0) is 18.2 Å². The maximum absolute atomic E-state index is 12.6. The van der Waals surface area contributed by atoms with Crippen molar-refractivity contribution in [3.8, 4) is 5.88 Å². The average Bonchev–Trinajstić information content (AvgIpc) is 2.60. The van der Waals surface area contributed by atoms with Gasteiger partial charge in [0, 0.05) is 54.1 Å². The van der Waals surface area contributed by atoms with Crippen LogP contribution in [0.5, 0.6) is 5.88 Å². The van der Waals surface area contributed by atoms with Crippen LogP contribution in [0.1, 0.15) is 10.4 Å². The van der Waals surface area contributed by atoms with Crippen LogP contribution in [0, 0.1) is 0 Å². The lowest BCUT2D eigenvalue weighted by Crippen LogP contribution is -2.49. The zero-order chi connectivity index (χ0) is 17.1. The number of carbonyl (C=O) groups excluding carboxylic acids is 1. The second kappa shape index (κ2) is 7.23. The van der Waals surface area contributed by atoms with Crippen LogP contribution in [0.2, 0.25) is 10.0 Å². The number of benzene rings is 1. The zero-order valence-corrected chi connectivity index (χ0v) is 14.6. The first kappa shape index (κ1) is 16.8. The first-order valence-electron chi connectivity index (χ1n) is 7.44. The molecule has 1 aliphatic heterocycles. The van der Waals surface area contributed by atoms with E-state index in [9.17, 15) is 4.79 Å². The number of aromatic nitrogens is 2. The van der Waals surface area contributed by atoms with E-state index < -0.39 is 0 Å². The van der Waals surface area contributed by atoms with Gasteiger partial charge in [-0.3, -0.25) is 4.79 Å². The van der Waals surface area contributed by atoms with Gasteiger partial charge in [0.15, 0.2) is 0 Å². The minimum absolute atomic E-state index is 0.0781. The van der Waals surface area contributed by atoms with Crippen molar-refractivity contribution in [2.75, 3.05) is 38.2 Å². The highest BCUT2D eigenvalue weighted by atomic mass is 35.5. The smallest absolute Gasteiger partial charge is 0.254 e. The second-order valence-corrected chi connectivity index (χ2v) is 6.21. The van der Waals surface area contributed by atoms with E-state index in [1.165, 1.54) is 0 Å². The SMILES string of the molecule is COc1ccnc(N2CCN(C(=O)c3cc(Cl)cc(Cl)c3)CC2)n1. The Kier molecular flexibility index (Phi) is 5.06. The number of hydrogen-bond acceptors (Lipinski definition) is 5. The normalized spacial score (nSPS) is 14.6. The van der Waals surface area contributed by atoms with E-state index in [0.29, 0.717) is 53.6 Å². The van der Waals surface area contributed by atoms with E-state index in [1.54, 1.807) is 42.5 Å². The number of hydrogen-bond donors (Lipinski definition) is 0. The summed E-state index contributed by atoms with van der Waals surface area (Å²) in [7, 11) is 1.57. The molecule has 1 fully saturated rings. The molecule has 1 saturated heterocycles. The second-order valence-electron chi connectivity index (χ2n) is 5.34. The van der Waals surface area contributed by atoms with Crippen molar-refractivity contribution in [1.29, 1.82) is 0 Å². The van der Waals surface area contributed by atoms with E-state index >= 15 is 0 Å². The predicted octanol–water partition coefficient (Wildman–Crippen LogP) is 2.75. The first-order chi connectivity index (χ1) is 11.6. The fraction of sp³-hybridized carbons (Fsp3) is 0.312. The summed E-state index contributed by atoms with van der Waals surface area (Å²) < 4.78 is 5.12. The molecule has 24 heavy (non-hydrogen) atoms. The number of rotatable bonds is 3. The van der Waals surface area contributed by atoms with Gasteiger partial charge in [-0.2, -0.15) is 4.98 Å². The monoisotopic (exact) mass is 366 g/mol. The van der Waals surface area contributed by atoms with E-state index in [1.807, 2.05) is 4.90 Å². The Morgan fingerprint density at radius 1 is 1.12 bits per heavy atom. The van der Waals surface area contributed by atoms with Crippen molar-refractivity contribution in [3.63, 3.8) is 0 Å². The standard InChI is InChI=1S/C16H16Cl2N4O2/c1-24-14-2-3-19-16(20-14)22-6-4-21(5-7-22)15(23)11-8-12(17)10-13(18)9-11/h2-3,8-10H,4-7H2,1H3. The van der Waals surface area contributed by atoms with Gasteiger partial charge in [-0.25, -0.2) is 4.98 Å². The number of carbonyl (C=O) groups is 1. The Morgan fingerprint density at radius 3 is 2.42 bits per heavy atom. The number of piperazine rings is 1. The summed E-state index contributed by atoms with van der Waals surface area (Å²) in [6.45, 7) is 2.44. The molecular formula is C16H16Cl2N4O2. The molecule has 1 amide bonds. The van der Waals surface area contributed by atoms with Crippen LogP contribution in [-0.4, -0.2) is 54.1 Å². The average molecular weight is 367 g/mol. The summed E-state index contributed by atoms with van der Waals surface area (Å²) in [5, 5.41) is 0.906. The number of amides is 1. The highest BCUT2D eigenvalue weighted by Crippen LogP contribution is 2.21. The van der Waals surface area contributed by atoms with Gasteiger partial charge in [0.05, 0.1) is 7.11 Å². The third-order valence-corrected chi connectivity index (χ3v) is 4.22. The summed E-state index contributed by atoms with van der Waals surface area (Å²) in [6, 6.07) is 6.57. The van der Waals surface area contributed by atoms with Gasteiger partial charge in [0.25, 0.3) is 5.91 Å². The van der Waals surface area contributed by atoms with Crippen LogP contribution in [0.3, 0.4) is 0 Å². The van der Waals surface area contributed by atoms with Crippen LogP contribution < -0.4 is 9.64 Å². The maximum Gasteiger partial charge on any atom is 0.254 e. The molecule has 0 atom stereocenters. The molecule has 126 valence electrons. The molecule has 0 saturated carbocycles. The van der Waals surface area contributed by atoms with E-state index in [-0.39, 0.29) is 5.91 Å². The van der Waals surface area contributed by atoms with Crippen LogP contribution in [0.15, 0.2) is 30.5 Å². The molecule has 0 spiro atoms. The summed E-state index contributed by atoms with van der Waals surface area (Å²) >= 11 is 11.9. The molecule has 0 unspecified atom stereocenters. The molecule has 0 bridgehead atoms. The predicted molar refractivity (Wildman–Crippen MR) is 93.2 cm³/mol. The lowest BCUT2D eigenvalue weighted by Gasteiger charge is -2.34. The summed E-state index contributed by atoms with van der Waals surface area (Å²) in [5.74, 6) is 1.05. The summed E-state index contributed by atoms with van der Waals surface area (Å²) in [5.41, 5.74) is 0.499. The van der Waals surface area contributed by atoms with Gasteiger partial charge in [-0.1, -0.05) is 23.2 Å². The molecule has 0 N–H and O–H groups in total. The molecule has 6 nitrogen and oxygen atoms in total. The third-order valence-electron chi connectivity index (χ3n) is 3.79. The highest BCUT2D eigenvalue weighted by molar-refractivity contribution is 6.35. The molecule has 2 heterocycles. The Balaban J connectivity index is 1.67. The molecule has 8 heteroatoms. The number of methoxy groups -OCH3 is 1. The molecule has 1 aromatic carbocycles. The van der Waals surface area contributed by atoms with Gasteiger partial charge >= 0.3 is 0 Å². The molecule has 0 aliphatic carbocycles. The molecule has 0 radical (unpaired) electrons.